The van der Waals surface area contributed by atoms with Crippen LogP contribution in [0.4, 0.5) is 0 Å². The molecule has 0 N–H and O–H groups in total. The van der Waals surface area contributed by atoms with E-state index in [-0.39, 0.29) is 0 Å². The van der Waals surface area contributed by atoms with Crippen LogP contribution in [0.25, 0.3) is 0 Å². The highest BCUT2D eigenvalue weighted by Gasteiger charge is 2.24. The molecule has 1 aliphatic rings. The molecule has 1 aromatic carbocycles. The van der Waals surface area contributed by atoms with E-state index in [4.69, 9.17) is 0 Å². The summed E-state index contributed by atoms with van der Waals surface area (Å²) in [5.41, 5.74) is 1.38. The van der Waals surface area contributed by atoms with Crippen molar-refractivity contribution in [2.45, 2.75) is 18.8 Å². The zero-order chi connectivity index (χ0) is 9.47. The number of hydrogen-bond donors (Lipinski definition) is 0. The lowest BCUT2D eigenvalue weighted by molar-refractivity contribution is 0.588. The topological polar surface area (TPSA) is 17.1 Å². The van der Waals surface area contributed by atoms with E-state index in [1.165, 1.54) is 18.4 Å². The highest BCUT2D eigenvalue weighted by atomic mass is 31.2. The highest BCUT2D eigenvalue weighted by Crippen LogP contribution is 2.41. The maximum atomic E-state index is 11.8. The number of benzene rings is 1. The van der Waals surface area contributed by atoms with E-state index >= 15 is 0 Å². The predicted octanol–water partition coefficient (Wildman–Crippen LogP) is 2.81. The normalized spacial score (nSPS) is 17.4. The van der Waals surface area contributed by atoms with Crippen LogP contribution in [0.1, 0.15) is 24.3 Å². The zero-order valence-electron chi connectivity index (χ0n) is 8.16. The van der Waals surface area contributed by atoms with E-state index in [2.05, 4.69) is 12.1 Å². The summed E-state index contributed by atoms with van der Waals surface area (Å²) in [5, 5.41) is 1.02. The van der Waals surface area contributed by atoms with Gasteiger partial charge in [-0.2, -0.15) is 0 Å². The largest absolute Gasteiger partial charge is 0.319 e. The van der Waals surface area contributed by atoms with E-state index in [1.54, 1.807) is 0 Å². The van der Waals surface area contributed by atoms with Gasteiger partial charge in [-0.25, -0.2) is 0 Å². The highest BCUT2D eigenvalue weighted by molar-refractivity contribution is 7.70. The van der Waals surface area contributed by atoms with Crippen LogP contribution >= 0.6 is 7.14 Å². The Morgan fingerprint density at radius 3 is 2.54 bits per heavy atom. The molecular formula is C11H15OP. The van der Waals surface area contributed by atoms with E-state index in [9.17, 15) is 4.57 Å². The summed E-state index contributed by atoms with van der Waals surface area (Å²) in [6.45, 7) is 3.66. The standard InChI is InChI=1S/C11H15OP/c1-13(2,12)11-5-3-4-10(8-11)9-6-7-9/h3-5,8-9H,6-7H2,1-2H3. The fourth-order valence-electron chi connectivity index (χ4n) is 1.53. The van der Waals surface area contributed by atoms with Gasteiger partial charge in [0.05, 0.1) is 0 Å². The van der Waals surface area contributed by atoms with Crippen molar-refractivity contribution in [3.8, 4) is 0 Å². The Balaban J connectivity index is 2.37. The Labute approximate surface area is 79.5 Å². The molecule has 13 heavy (non-hydrogen) atoms. The maximum Gasteiger partial charge on any atom is 0.109 e. The minimum atomic E-state index is -2.06. The lowest BCUT2D eigenvalue weighted by Crippen LogP contribution is -2.03. The second-order valence-corrected chi connectivity index (χ2v) is 7.44. The molecule has 0 aromatic heterocycles. The number of rotatable bonds is 2. The molecule has 0 bridgehead atoms. The van der Waals surface area contributed by atoms with Crippen molar-refractivity contribution in [2.24, 2.45) is 0 Å². The molecule has 2 rings (SSSR count). The molecule has 1 aliphatic carbocycles. The summed E-state index contributed by atoms with van der Waals surface area (Å²) in [6, 6.07) is 8.28. The van der Waals surface area contributed by atoms with Gasteiger partial charge in [-0.15, -0.1) is 0 Å². The Morgan fingerprint density at radius 2 is 2.00 bits per heavy atom. The first-order valence-electron chi connectivity index (χ1n) is 4.73. The zero-order valence-corrected chi connectivity index (χ0v) is 9.05. The van der Waals surface area contributed by atoms with Gasteiger partial charge in [0, 0.05) is 5.30 Å². The first kappa shape index (κ1) is 9.02. The molecule has 1 saturated carbocycles. The van der Waals surface area contributed by atoms with Crippen LogP contribution in [0.5, 0.6) is 0 Å². The minimum absolute atomic E-state index is 0.756. The van der Waals surface area contributed by atoms with Gasteiger partial charge in [-0.05, 0) is 43.7 Å². The van der Waals surface area contributed by atoms with Gasteiger partial charge in [-0.3, -0.25) is 0 Å². The molecule has 0 spiro atoms. The number of hydrogen-bond acceptors (Lipinski definition) is 1. The molecule has 0 amide bonds. The second kappa shape index (κ2) is 2.99. The first-order chi connectivity index (χ1) is 6.07. The molecule has 0 unspecified atom stereocenters. The molecule has 0 atom stereocenters. The second-order valence-electron chi connectivity index (χ2n) is 4.22. The summed E-state index contributed by atoms with van der Waals surface area (Å²) < 4.78 is 11.8. The molecule has 1 aromatic rings. The smallest absolute Gasteiger partial charge is 0.109 e. The van der Waals surface area contributed by atoms with Gasteiger partial charge < -0.3 is 4.57 Å². The third kappa shape index (κ3) is 2.03. The summed E-state index contributed by atoms with van der Waals surface area (Å²) in [6.07, 6.45) is 2.61. The average Bonchev–Trinajstić information content (AvgIpc) is 2.85. The van der Waals surface area contributed by atoms with Gasteiger partial charge in [0.25, 0.3) is 0 Å². The quantitative estimate of drug-likeness (QED) is 0.661. The van der Waals surface area contributed by atoms with Crippen LogP contribution in [0.3, 0.4) is 0 Å². The fourth-order valence-corrected chi connectivity index (χ4v) is 2.44. The summed E-state index contributed by atoms with van der Waals surface area (Å²) in [7, 11) is -2.06. The lowest BCUT2D eigenvalue weighted by atomic mass is 10.1. The molecule has 0 saturated heterocycles. The van der Waals surface area contributed by atoms with Crippen molar-refractivity contribution in [1.82, 2.24) is 0 Å². The van der Waals surface area contributed by atoms with E-state index < -0.39 is 7.14 Å². The Hall–Kier alpha value is -0.550. The SMILES string of the molecule is CP(C)(=O)c1cccc(C2CC2)c1. The molecule has 2 heteroatoms. The molecule has 1 nitrogen and oxygen atoms in total. The van der Waals surface area contributed by atoms with Crippen molar-refractivity contribution >= 4 is 12.4 Å². The third-order valence-corrected chi connectivity index (χ3v) is 4.06. The monoisotopic (exact) mass is 194 g/mol. The maximum absolute atomic E-state index is 11.8. The fraction of sp³-hybridized carbons (Fsp3) is 0.455. The first-order valence-corrected chi connectivity index (χ1v) is 7.33. The van der Waals surface area contributed by atoms with Crippen molar-refractivity contribution in [3.05, 3.63) is 29.8 Å². The molecular weight excluding hydrogens is 179 g/mol. The molecule has 0 aliphatic heterocycles. The van der Waals surface area contributed by atoms with Crippen LogP contribution in [0.2, 0.25) is 0 Å². The van der Waals surface area contributed by atoms with Crippen LogP contribution in [0.15, 0.2) is 24.3 Å². The van der Waals surface area contributed by atoms with Crippen LogP contribution in [-0.2, 0) is 4.57 Å². The Morgan fingerprint density at radius 1 is 1.31 bits per heavy atom. The average molecular weight is 194 g/mol. The van der Waals surface area contributed by atoms with Crippen LogP contribution < -0.4 is 5.30 Å². The van der Waals surface area contributed by atoms with E-state index in [0.29, 0.717) is 0 Å². The van der Waals surface area contributed by atoms with Gasteiger partial charge in [0.1, 0.15) is 7.14 Å². The molecule has 0 heterocycles. The van der Waals surface area contributed by atoms with Gasteiger partial charge in [0.2, 0.25) is 0 Å². The minimum Gasteiger partial charge on any atom is -0.319 e. The van der Waals surface area contributed by atoms with E-state index in [1.807, 2.05) is 25.5 Å². The molecule has 1 fully saturated rings. The third-order valence-electron chi connectivity index (χ3n) is 2.54. The van der Waals surface area contributed by atoms with Crippen molar-refractivity contribution < 1.29 is 4.57 Å². The Bertz CT molecular complexity index is 360. The molecule has 0 radical (unpaired) electrons. The lowest BCUT2D eigenvalue weighted by Gasteiger charge is -2.08. The van der Waals surface area contributed by atoms with E-state index in [0.717, 1.165) is 11.2 Å². The van der Waals surface area contributed by atoms with Crippen molar-refractivity contribution in [1.29, 1.82) is 0 Å². The van der Waals surface area contributed by atoms with Gasteiger partial charge in [-0.1, -0.05) is 18.2 Å². The van der Waals surface area contributed by atoms with Crippen molar-refractivity contribution in [3.63, 3.8) is 0 Å². The predicted molar refractivity (Wildman–Crippen MR) is 57.5 cm³/mol. The van der Waals surface area contributed by atoms with Crippen LogP contribution in [-0.4, -0.2) is 13.3 Å². The summed E-state index contributed by atoms with van der Waals surface area (Å²) >= 11 is 0. The summed E-state index contributed by atoms with van der Waals surface area (Å²) in [4.78, 5) is 0. The Kier molecular flexibility index (Phi) is 2.08. The van der Waals surface area contributed by atoms with Gasteiger partial charge in [0.15, 0.2) is 0 Å². The van der Waals surface area contributed by atoms with Crippen LogP contribution in [0, 0.1) is 0 Å². The summed E-state index contributed by atoms with van der Waals surface area (Å²) in [5.74, 6) is 0.756. The van der Waals surface area contributed by atoms with Crippen molar-refractivity contribution in [2.75, 3.05) is 13.3 Å². The van der Waals surface area contributed by atoms with Gasteiger partial charge >= 0.3 is 0 Å². The molecule has 70 valence electrons.